The first-order valence-corrected chi connectivity index (χ1v) is 10.3. The Kier molecular flexibility index (Phi) is 10.3. The van der Waals surface area contributed by atoms with E-state index in [0.717, 1.165) is 42.1 Å². The van der Waals surface area contributed by atoms with Crippen molar-refractivity contribution >= 4 is 53.4 Å². The lowest BCUT2D eigenvalue weighted by atomic mass is 9.90. The van der Waals surface area contributed by atoms with Crippen molar-refractivity contribution in [3.05, 3.63) is 29.6 Å². The van der Waals surface area contributed by atoms with Gasteiger partial charge in [-0.15, -0.1) is 24.8 Å². The van der Waals surface area contributed by atoms with Crippen LogP contribution in [0.1, 0.15) is 55.7 Å². The second-order valence-electron chi connectivity index (χ2n) is 8.18. The number of benzene rings is 1. The molecule has 10 heteroatoms. The van der Waals surface area contributed by atoms with Crippen molar-refractivity contribution < 1.29 is 4.79 Å². The van der Waals surface area contributed by atoms with E-state index in [1.54, 1.807) is 0 Å². The van der Waals surface area contributed by atoms with Crippen molar-refractivity contribution in [2.24, 2.45) is 22.4 Å². The Labute approximate surface area is 195 Å². The van der Waals surface area contributed by atoms with Crippen LogP contribution in [0.15, 0.2) is 23.2 Å². The van der Waals surface area contributed by atoms with Gasteiger partial charge in [0.25, 0.3) is 5.91 Å². The number of aliphatic imine (C=N–C) groups is 1. The Bertz CT molecular complexity index is 916. The average molecular weight is 470 g/mol. The van der Waals surface area contributed by atoms with Gasteiger partial charge in [-0.25, -0.2) is 15.0 Å². The molecule has 0 spiro atoms. The molecule has 1 saturated carbocycles. The van der Waals surface area contributed by atoms with Crippen LogP contribution in [0.5, 0.6) is 0 Å². The Morgan fingerprint density at radius 2 is 1.90 bits per heavy atom. The molecule has 31 heavy (non-hydrogen) atoms. The summed E-state index contributed by atoms with van der Waals surface area (Å²) in [6.45, 7) is 6.69. The maximum Gasteiger partial charge on any atom is 0.289 e. The van der Waals surface area contributed by atoms with Crippen molar-refractivity contribution in [3.8, 4) is 0 Å². The lowest BCUT2D eigenvalue weighted by Gasteiger charge is -2.30. The molecule has 2 atom stereocenters. The molecule has 0 unspecified atom stereocenters. The van der Waals surface area contributed by atoms with Crippen LogP contribution in [0.25, 0.3) is 10.9 Å². The molecule has 6 N–H and O–H groups in total. The molecule has 3 rings (SSSR count). The standard InChI is InChI=1S/C21H31N7O.2ClH/c1-12(2)11-24-20(29)19-25-15-9-8-13(3)10-14(15)18(28-19)26-16-6-4-5-7-17(16)27-21(22)23;;/h8-10,12,16-17H,4-7,11H2,1-3H3,(H,24,29)(H4,22,23,27)(H,25,26,28);2*1H/t16-,17+;;/m1../s1. The number of fused-ring (bicyclic) bond motifs is 1. The van der Waals surface area contributed by atoms with Crippen molar-refractivity contribution in [3.63, 3.8) is 0 Å². The number of hydrogen-bond acceptors (Lipinski definition) is 5. The Balaban J connectivity index is 0.00000240. The summed E-state index contributed by atoms with van der Waals surface area (Å²) < 4.78 is 0. The summed E-state index contributed by atoms with van der Waals surface area (Å²) in [5.74, 6) is 0.992. The number of guanidine groups is 1. The summed E-state index contributed by atoms with van der Waals surface area (Å²) in [4.78, 5) is 26.1. The fraction of sp³-hybridized carbons (Fsp3) is 0.524. The van der Waals surface area contributed by atoms with Gasteiger partial charge in [-0.3, -0.25) is 4.79 Å². The first-order valence-electron chi connectivity index (χ1n) is 10.3. The third-order valence-corrected chi connectivity index (χ3v) is 5.09. The number of hydrogen-bond donors (Lipinski definition) is 4. The highest BCUT2D eigenvalue weighted by Crippen LogP contribution is 2.28. The van der Waals surface area contributed by atoms with Gasteiger partial charge < -0.3 is 22.1 Å². The third-order valence-electron chi connectivity index (χ3n) is 5.09. The first kappa shape index (κ1) is 26.7. The number of aromatic nitrogens is 2. The van der Waals surface area contributed by atoms with E-state index in [4.69, 9.17) is 11.5 Å². The third kappa shape index (κ3) is 7.11. The van der Waals surface area contributed by atoms with Gasteiger partial charge in [0.05, 0.1) is 17.6 Å². The smallest absolute Gasteiger partial charge is 0.289 e. The quantitative estimate of drug-likeness (QED) is 0.379. The van der Waals surface area contributed by atoms with E-state index in [1.165, 1.54) is 0 Å². The molecule has 0 aliphatic heterocycles. The van der Waals surface area contributed by atoms with Gasteiger partial charge in [0.2, 0.25) is 5.82 Å². The lowest BCUT2D eigenvalue weighted by molar-refractivity contribution is 0.0939. The minimum atomic E-state index is -0.270. The molecule has 172 valence electrons. The molecule has 1 aliphatic carbocycles. The molecule has 1 fully saturated rings. The van der Waals surface area contributed by atoms with Crippen LogP contribution in [0.2, 0.25) is 0 Å². The highest BCUT2D eigenvalue weighted by Gasteiger charge is 2.26. The van der Waals surface area contributed by atoms with E-state index >= 15 is 0 Å². The summed E-state index contributed by atoms with van der Waals surface area (Å²) >= 11 is 0. The number of nitrogens with zero attached hydrogens (tertiary/aromatic N) is 3. The predicted octanol–water partition coefficient (Wildman–Crippen LogP) is 3.16. The molecule has 8 nitrogen and oxygen atoms in total. The second-order valence-corrected chi connectivity index (χ2v) is 8.18. The van der Waals surface area contributed by atoms with Crippen molar-refractivity contribution in [1.82, 2.24) is 15.3 Å². The fourth-order valence-corrected chi connectivity index (χ4v) is 3.63. The zero-order chi connectivity index (χ0) is 21.0. The van der Waals surface area contributed by atoms with Gasteiger partial charge >= 0.3 is 0 Å². The van der Waals surface area contributed by atoms with Crippen LogP contribution in [0.4, 0.5) is 5.82 Å². The molecular formula is C21H33Cl2N7O. The number of nitrogens with two attached hydrogens (primary N) is 2. The van der Waals surface area contributed by atoms with Crippen molar-refractivity contribution in [2.75, 3.05) is 11.9 Å². The van der Waals surface area contributed by atoms with E-state index < -0.39 is 0 Å². The van der Waals surface area contributed by atoms with E-state index in [-0.39, 0.29) is 54.6 Å². The van der Waals surface area contributed by atoms with Gasteiger partial charge in [-0.2, -0.15) is 0 Å². The molecule has 1 aromatic carbocycles. The molecular weight excluding hydrogens is 437 g/mol. The predicted molar refractivity (Wildman–Crippen MR) is 131 cm³/mol. The van der Waals surface area contributed by atoms with Gasteiger partial charge in [0.15, 0.2) is 5.96 Å². The zero-order valence-electron chi connectivity index (χ0n) is 18.2. The molecule has 0 bridgehead atoms. The minimum absolute atomic E-state index is 0. The Morgan fingerprint density at radius 3 is 2.58 bits per heavy atom. The topological polar surface area (TPSA) is 131 Å². The maximum absolute atomic E-state index is 12.6. The van der Waals surface area contributed by atoms with E-state index in [1.807, 2.05) is 39.0 Å². The highest BCUT2D eigenvalue weighted by atomic mass is 35.5. The van der Waals surface area contributed by atoms with E-state index in [0.29, 0.717) is 18.3 Å². The number of rotatable bonds is 6. The normalized spacial score (nSPS) is 17.9. The largest absolute Gasteiger partial charge is 0.370 e. The number of halogens is 2. The number of anilines is 1. The van der Waals surface area contributed by atoms with Gasteiger partial charge in [-0.1, -0.05) is 38.3 Å². The molecule has 2 aromatic rings. The molecule has 0 radical (unpaired) electrons. The number of amides is 1. The van der Waals surface area contributed by atoms with E-state index in [9.17, 15) is 4.79 Å². The number of carbonyl (C=O) groups is 1. The monoisotopic (exact) mass is 469 g/mol. The van der Waals surface area contributed by atoms with Crippen molar-refractivity contribution in [2.45, 2.75) is 58.5 Å². The van der Waals surface area contributed by atoms with Crippen LogP contribution in [0, 0.1) is 12.8 Å². The summed E-state index contributed by atoms with van der Waals surface area (Å²) in [7, 11) is 0. The number of nitrogens with one attached hydrogen (secondary N) is 2. The maximum atomic E-state index is 12.6. The summed E-state index contributed by atoms with van der Waals surface area (Å²) in [5.41, 5.74) is 13.1. The Hall–Kier alpha value is -2.32. The molecule has 1 aromatic heterocycles. The average Bonchev–Trinajstić information content (AvgIpc) is 2.67. The lowest BCUT2D eigenvalue weighted by Crippen LogP contribution is -2.38. The van der Waals surface area contributed by atoms with Crippen LogP contribution in [-0.2, 0) is 0 Å². The molecule has 0 saturated heterocycles. The SMILES string of the molecule is Cc1ccc2nc(C(=O)NCC(C)C)nc(N[C@@H]3CCCC[C@@H]3N=C(N)N)c2c1.Cl.Cl. The van der Waals surface area contributed by atoms with Crippen molar-refractivity contribution in [1.29, 1.82) is 0 Å². The summed E-state index contributed by atoms with van der Waals surface area (Å²) in [6.07, 6.45) is 4.04. The number of aryl methyl sites for hydroxylation is 1. The summed E-state index contributed by atoms with van der Waals surface area (Å²) in [6, 6.07) is 5.98. The van der Waals surface area contributed by atoms with E-state index in [2.05, 4.69) is 25.6 Å². The van der Waals surface area contributed by atoms with Gasteiger partial charge in [0, 0.05) is 11.9 Å². The highest BCUT2D eigenvalue weighted by molar-refractivity contribution is 5.96. The molecule has 1 amide bonds. The van der Waals surface area contributed by atoms with Crippen LogP contribution >= 0.6 is 24.8 Å². The van der Waals surface area contributed by atoms with Gasteiger partial charge in [0.1, 0.15) is 5.82 Å². The van der Waals surface area contributed by atoms with Crippen LogP contribution < -0.4 is 22.1 Å². The minimum Gasteiger partial charge on any atom is -0.370 e. The first-order chi connectivity index (χ1) is 13.8. The molecule has 1 heterocycles. The fourth-order valence-electron chi connectivity index (χ4n) is 3.63. The Morgan fingerprint density at radius 1 is 1.19 bits per heavy atom. The molecule has 1 aliphatic rings. The second kappa shape index (κ2) is 11.9. The van der Waals surface area contributed by atoms with Gasteiger partial charge in [-0.05, 0) is 37.8 Å². The van der Waals surface area contributed by atoms with Crippen LogP contribution in [-0.4, -0.2) is 40.5 Å². The zero-order valence-corrected chi connectivity index (χ0v) is 19.9. The summed E-state index contributed by atoms with van der Waals surface area (Å²) in [5, 5.41) is 7.30. The van der Waals surface area contributed by atoms with Crippen LogP contribution in [0.3, 0.4) is 0 Å². The number of carbonyl (C=O) groups excluding carboxylic acids is 1.